The molecule has 0 radical (unpaired) electrons. The van der Waals surface area contributed by atoms with E-state index < -0.39 is 52.4 Å². The maximum Gasteiger partial charge on any atom is 0.352 e. The van der Waals surface area contributed by atoms with E-state index in [1.165, 1.54) is 40.4 Å². The molecule has 6 aliphatic rings. The Bertz CT molecular complexity index is 1760. The molecule has 1 aromatic rings. The van der Waals surface area contributed by atoms with Crippen LogP contribution < -0.4 is 16.4 Å². The molecule has 6 aliphatic heterocycles. The van der Waals surface area contributed by atoms with Crippen LogP contribution in [0, 0.1) is 0 Å². The van der Waals surface area contributed by atoms with E-state index in [0.717, 1.165) is 83.3 Å². The van der Waals surface area contributed by atoms with Crippen LogP contribution >= 0.6 is 34.9 Å². The van der Waals surface area contributed by atoms with Gasteiger partial charge in [-0.15, -0.1) is 34.9 Å². The number of aliphatic carboxylic acids is 1. The minimum Gasteiger partial charge on any atom is -0.477 e. The summed E-state index contributed by atoms with van der Waals surface area (Å²) in [5, 5.41) is 20.3. The molecule has 0 spiro atoms. The number of rotatable bonds is 11. The minimum absolute atomic E-state index is 0.0224. The van der Waals surface area contributed by atoms with E-state index in [0.29, 0.717) is 24.6 Å². The van der Waals surface area contributed by atoms with Gasteiger partial charge in [-0.2, -0.15) is 0 Å². The van der Waals surface area contributed by atoms with Crippen LogP contribution in [0.25, 0.3) is 0 Å². The molecule has 0 bridgehead atoms. The molecule has 1 aromatic heterocycles. The number of nitrogens with zero attached hydrogens (tertiary/aromatic N) is 6. The van der Waals surface area contributed by atoms with Crippen molar-refractivity contribution < 1.29 is 42.9 Å². The summed E-state index contributed by atoms with van der Waals surface area (Å²) in [6, 6.07) is -1.89. The van der Waals surface area contributed by atoms with Crippen LogP contribution in [0.2, 0.25) is 0 Å². The van der Waals surface area contributed by atoms with E-state index in [2.05, 4.69) is 34.9 Å². The van der Waals surface area contributed by atoms with Crippen LogP contribution in [0.4, 0.5) is 5.13 Å². The van der Waals surface area contributed by atoms with Gasteiger partial charge in [0.2, 0.25) is 0 Å². The van der Waals surface area contributed by atoms with Gasteiger partial charge in [-0.05, 0) is 0 Å². The third-order valence-corrected chi connectivity index (χ3v) is 14.0. The number of carboxylic acids is 1. The second-order valence-electron chi connectivity index (χ2n) is 14.5. The largest absolute Gasteiger partial charge is 0.477 e. The number of hydrogen-bond acceptors (Lipinski definition) is 12. The zero-order chi connectivity index (χ0) is 36.2. The first-order chi connectivity index (χ1) is 24.3. The van der Waals surface area contributed by atoms with Gasteiger partial charge in [0.15, 0.2) is 10.8 Å². The molecule has 4 amide bonds. The second kappa shape index (κ2) is 13.7. The summed E-state index contributed by atoms with van der Waals surface area (Å²) in [7, 11) is 5.56. The molecule has 51 heavy (non-hydrogen) atoms. The van der Waals surface area contributed by atoms with Gasteiger partial charge in [-0.1, -0.05) is 5.16 Å². The van der Waals surface area contributed by atoms with Crippen LogP contribution in [0.1, 0.15) is 31.4 Å². The molecular weight excluding hydrogens is 719 g/mol. The molecule has 7 rings (SSSR count). The van der Waals surface area contributed by atoms with Crippen LogP contribution in [-0.2, 0) is 28.8 Å². The zero-order valence-electron chi connectivity index (χ0n) is 28.8. The van der Waals surface area contributed by atoms with E-state index in [1.54, 1.807) is 5.38 Å². The number of hydrogen-bond donors (Lipinski definition) is 4. The lowest BCUT2D eigenvalue weighted by Crippen LogP contribution is -2.74. The number of thiazole rings is 1. The van der Waals surface area contributed by atoms with Crippen LogP contribution in [-0.4, -0.2) is 159 Å². The Kier molecular flexibility index (Phi) is 9.62. The quantitative estimate of drug-likeness (QED) is 0.102. The lowest BCUT2D eigenvalue weighted by atomic mass is 9.99. The molecule has 4 saturated heterocycles. The Morgan fingerprint density at radius 1 is 0.922 bits per heavy atom. The van der Waals surface area contributed by atoms with Crippen LogP contribution in [0.3, 0.4) is 0 Å². The topological polar surface area (TPSA) is 197 Å². The van der Waals surface area contributed by atoms with Crippen molar-refractivity contribution in [2.24, 2.45) is 5.16 Å². The van der Waals surface area contributed by atoms with E-state index in [-0.39, 0.29) is 27.9 Å². The molecule has 7 heterocycles. The van der Waals surface area contributed by atoms with Crippen molar-refractivity contribution in [1.29, 1.82) is 0 Å². The summed E-state index contributed by atoms with van der Waals surface area (Å²) in [6.45, 7) is 4.96. The predicted molar refractivity (Wildman–Crippen MR) is 192 cm³/mol. The fourth-order valence-electron chi connectivity index (χ4n) is 8.17. The number of nitrogen functional groups attached to an aromatic ring is 1. The number of likely N-dealkylation sites (tertiary alicyclic amines) is 2. The molecule has 19 heteroatoms. The normalized spacial score (nSPS) is 28.2. The average molecular weight is 762 g/mol. The monoisotopic (exact) mass is 761 g/mol. The van der Waals surface area contributed by atoms with Crippen molar-refractivity contribution in [3.63, 3.8) is 0 Å². The van der Waals surface area contributed by atoms with Gasteiger partial charge >= 0.3 is 5.97 Å². The number of likely N-dealkylation sites (N-methyl/N-ethyl adjacent to an activating group) is 2. The van der Waals surface area contributed by atoms with Gasteiger partial charge in [0.1, 0.15) is 60.1 Å². The SMILES string of the molecule is CO/N=C(\C(=O)N[C@@H]1C(=O)N2C(C(=O)N[C@@H]3C(=O)N4C(C(=O)O)=C(C[N+]5(C)CCCC5)CS[C@H]34)=C(C[N+]3(C)CCCC3)CS[C@H]12)c1csc(N)n1. The predicted octanol–water partition coefficient (Wildman–Crippen LogP) is -0.0508. The number of carbonyl (C=O) groups excluding carboxylic acids is 4. The summed E-state index contributed by atoms with van der Waals surface area (Å²) in [6.07, 6.45) is 4.31. The van der Waals surface area contributed by atoms with Crippen LogP contribution in [0.5, 0.6) is 0 Å². The van der Waals surface area contributed by atoms with Crippen molar-refractivity contribution in [1.82, 2.24) is 25.4 Å². The Labute approximate surface area is 307 Å². The highest BCUT2D eigenvalue weighted by atomic mass is 32.2. The fourth-order valence-corrected chi connectivity index (χ4v) is 11.4. The minimum atomic E-state index is -1.14. The summed E-state index contributed by atoms with van der Waals surface area (Å²) >= 11 is 4.05. The van der Waals surface area contributed by atoms with Gasteiger partial charge in [-0.25, -0.2) is 9.78 Å². The first kappa shape index (κ1) is 35.7. The molecule has 16 nitrogen and oxygen atoms in total. The van der Waals surface area contributed by atoms with Gasteiger partial charge < -0.3 is 35.3 Å². The number of amides is 4. The molecule has 0 saturated carbocycles. The van der Waals surface area contributed by atoms with Gasteiger partial charge in [0, 0.05) is 53.7 Å². The number of anilines is 1. The summed E-state index contributed by atoms with van der Waals surface area (Å²) in [4.78, 5) is 79.3. The van der Waals surface area contributed by atoms with E-state index in [1.807, 2.05) is 0 Å². The zero-order valence-corrected chi connectivity index (χ0v) is 31.2. The average Bonchev–Trinajstić information content (AvgIpc) is 3.85. The maximum atomic E-state index is 14.3. The first-order valence-electron chi connectivity index (χ1n) is 17.0. The number of aromatic nitrogens is 1. The molecule has 4 fully saturated rings. The van der Waals surface area contributed by atoms with Crippen molar-refractivity contribution in [2.75, 3.05) is 77.7 Å². The molecule has 5 N–H and O–H groups in total. The summed E-state index contributed by atoms with van der Waals surface area (Å²) in [5.41, 5.74) is 7.59. The van der Waals surface area contributed by atoms with E-state index in [4.69, 9.17) is 10.6 Å². The fraction of sp³-hybridized carbons (Fsp3) is 0.594. The van der Waals surface area contributed by atoms with Gasteiger partial charge in [-0.3, -0.25) is 29.0 Å². The number of quaternary nitrogens is 2. The number of carboxylic acid groups (broad SMARTS) is 1. The number of nitrogens with two attached hydrogens (primary N) is 1. The molecule has 4 atom stereocenters. The highest BCUT2D eigenvalue weighted by Crippen LogP contribution is 2.44. The Morgan fingerprint density at radius 2 is 1.43 bits per heavy atom. The lowest BCUT2D eigenvalue weighted by Gasteiger charge is -2.52. The highest BCUT2D eigenvalue weighted by molar-refractivity contribution is 8.00. The van der Waals surface area contributed by atoms with Crippen LogP contribution in [0.15, 0.2) is 33.1 Å². The van der Waals surface area contributed by atoms with E-state index >= 15 is 0 Å². The van der Waals surface area contributed by atoms with Gasteiger partial charge in [0.05, 0.1) is 40.3 Å². The number of β-lactam (4-membered cyclic amide) rings is 2. The molecule has 0 unspecified atom stereocenters. The van der Waals surface area contributed by atoms with E-state index in [9.17, 15) is 29.1 Å². The number of nitrogens with one attached hydrogen (secondary N) is 2. The molecule has 274 valence electrons. The number of fused-ring (bicyclic) bond motifs is 2. The second-order valence-corrected chi connectivity index (χ2v) is 17.6. The number of oxime groups is 1. The van der Waals surface area contributed by atoms with Gasteiger partial charge in [0.25, 0.3) is 23.6 Å². The number of thioether (sulfide) groups is 2. The van der Waals surface area contributed by atoms with Crippen molar-refractivity contribution in [3.05, 3.63) is 33.6 Å². The highest BCUT2D eigenvalue weighted by Gasteiger charge is 2.58. The molecule has 0 aliphatic carbocycles. The molecule has 0 aromatic carbocycles. The van der Waals surface area contributed by atoms with Crippen molar-refractivity contribution in [3.8, 4) is 0 Å². The Morgan fingerprint density at radius 3 is 1.92 bits per heavy atom. The Hall–Kier alpha value is -3.65. The number of carbonyl (C=O) groups is 5. The first-order valence-corrected chi connectivity index (χ1v) is 20.0. The van der Waals surface area contributed by atoms with Crippen molar-refractivity contribution >= 4 is 75.3 Å². The smallest absolute Gasteiger partial charge is 0.352 e. The summed E-state index contributed by atoms with van der Waals surface area (Å²) < 4.78 is 1.48. The lowest BCUT2D eigenvalue weighted by molar-refractivity contribution is -0.893. The molecular formula is C32H43N9O7S3+2. The third kappa shape index (κ3) is 6.51. The van der Waals surface area contributed by atoms with Crippen molar-refractivity contribution in [2.45, 2.75) is 48.5 Å². The third-order valence-electron chi connectivity index (χ3n) is 10.7. The Balaban J connectivity index is 1.11. The standard InChI is InChI=1S/C32H41N9O7S3/c1-40(8-4-5-9-40)12-17-14-49-29-21(35-25(42)20(37-48-3)19-16-51-32(33)34-19)27(44)38(29)23(17)26(43)36-22-28(45)39-24(31(46)47)18(15-50-30(22)39)13-41(2)10-6-7-11-41/h16,21-22,29-30H,4-15H2,1-3H3,(H3-2,33,34,35,36,42,43,46,47)/p+2/b37-20-/t21-,22-,29-,30-/m1/s1. The summed E-state index contributed by atoms with van der Waals surface area (Å²) in [5.74, 6) is -2.41. The maximum absolute atomic E-state index is 14.3.